The van der Waals surface area contributed by atoms with Crippen molar-refractivity contribution in [1.29, 1.82) is 0 Å². The van der Waals surface area contributed by atoms with Crippen LogP contribution in [0.5, 0.6) is 34.5 Å². The van der Waals surface area contributed by atoms with Crippen LogP contribution >= 0.6 is 20.8 Å². The fraction of sp³-hybridized carbons (Fsp3) is 0.143. The van der Waals surface area contributed by atoms with E-state index in [1.165, 1.54) is 35.2 Å². The van der Waals surface area contributed by atoms with E-state index in [0.29, 0.717) is 0 Å². The molecule has 0 saturated carbocycles. The van der Waals surface area contributed by atoms with Crippen molar-refractivity contribution in [1.82, 2.24) is 0 Å². The van der Waals surface area contributed by atoms with E-state index >= 15 is 0 Å². The first kappa shape index (κ1) is 32.6. The van der Waals surface area contributed by atoms with E-state index in [4.69, 9.17) is 14.2 Å². The predicted octanol–water partition coefficient (Wildman–Crippen LogP) is 11.8. The van der Waals surface area contributed by atoms with Gasteiger partial charge < -0.3 is 0 Å². The Kier molecular flexibility index (Phi) is 10.4. The SMILES string of the molecule is CCCCCCP(Br)(c1ccc(Oc2ccccc2)cc1)(c1ccc(Oc2ccccc2)cc1)c1ccc(Oc2ccccc2)cc1. The average molecular weight is 704 g/mol. The number of para-hydroxylation sites is 3. The first-order valence-corrected chi connectivity index (χ1v) is 20.7. The molecule has 0 aliphatic carbocycles. The van der Waals surface area contributed by atoms with Gasteiger partial charge in [-0.15, -0.1) is 0 Å². The molecule has 0 aliphatic rings. The summed E-state index contributed by atoms with van der Waals surface area (Å²) in [5, 5.41) is 0.554. The molecule has 0 N–H and O–H groups in total. The van der Waals surface area contributed by atoms with Crippen LogP contribution in [-0.4, -0.2) is 6.16 Å². The Balaban J connectivity index is 1.44. The normalized spacial score (nSPS) is 12.1. The summed E-state index contributed by atoms with van der Waals surface area (Å²) in [6.45, 7) is 2.26. The molecule has 0 spiro atoms. The molecule has 6 aromatic carbocycles. The first-order valence-electron chi connectivity index (χ1n) is 16.3. The van der Waals surface area contributed by atoms with Gasteiger partial charge in [-0.3, -0.25) is 0 Å². The molecular weight excluding hydrogens is 663 g/mol. The van der Waals surface area contributed by atoms with Gasteiger partial charge in [-0.25, -0.2) is 0 Å². The first-order chi connectivity index (χ1) is 23.0. The Hall–Kier alpha value is -4.37. The van der Waals surface area contributed by atoms with Gasteiger partial charge in [-0.1, -0.05) is 0 Å². The van der Waals surface area contributed by atoms with Crippen molar-refractivity contribution in [3.63, 3.8) is 0 Å². The maximum atomic E-state index is 6.21. The molecule has 3 nitrogen and oxygen atoms in total. The molecule has 0 radical (unpaired) electrons. The number of rotatable bonds is 14. The molecule has 5 heteroatoms. The van der Waals surface area contributed by atoms with E-state index < -0.39 is 5.31 Å². The van der Waals surface area contributed by atoms with E-state index in [1.807, 2.05) is 91.0 Å². The maximum absolute atomic E-state index is 6.21. The summed E-state index contributed by atoms with van der Waals surface area (Å²) in [6, 6.07) is 55.8. The second-order valence-electron chi connectivity index (χ2n) is 11.7. The number of halogens is 1. The number of hydrogen-bond acceptors (Lipinski definition) is 3. The van der Waals surface area contributed by atoms with Crippen LogP contribution in [0.2, 0.25) is 0 Å². The van der Waals surface area contributed by atoms with Crippen LogP contribution in [0.15, 0.2) is 164 Å². The van der Waals surface area contributed by atoms with Gasteiger partial charge in [0.1, 0.15) is 0 Å². The van der Waals surface area contributed by atoms with Crippen molar-refractivity contribution >= 4 is 36.7 Å². The van der Waals surface area contributed by atoms with E-state index in [-0.39, 0.29) is 0 Å². The Morgan fingerprint density at radius 2 is 0.681 bits per heavy atom. The molecule has 0 aliphatic heterocycles. The molecule has 0 amide bonds. The third kappa shape index (κ3) is 7.46. The summed E-state index contributed by atoms with van der Waals surface area (Å²) in [5.74, 6) is 4.88. The predicted molar refractivity (Wildman–Crippen MR) is 203 cm³/mol. The second kappa shape index (κ2) is 15.0. The molecule has 0 aromatic heterocycles. The molecule has 0 fully saturated rings. The van der Waals surface area contributed by atoms with Gasteiger partial charge in [0, 0.05) is 0 Å². The number of unbranched alkanes of at least 4 members (excludes halogenated alkanes) is 3. The fourth-order valence-corrected chi connectivity index (χ4v) is 13.7. The van der Waals surface area contributed by atoms with Crippen LogP contribution in [0, 0.1) is 0 Å². The molecule has 6 rings (SSSR count). The van der Waals surface area contributed by atoms with Gasteiger partial charge >= 0.3 is 288 Å². The van der Waals surface area contributed by atoms with Crippen LogP contribution in [0.1, 0.15) is 32.6 Å². The Morgan fingerprint density at radius 3 is 0.979 bits per heavy atom. The molecule has 6 aromatic rings. The van der Waals surface area contributed by atoms with E-state index in [2.05, 4.69) is 95.2 Å². The van der Waals surface area contributed by atoms with Crippen LogP contribution in [0.4, 0.5) is 0 Å². The van der Waals surface area contributed by atoms with E-state index in [1.54, 1.807) is 0 Å². The number of ether oxygens (including phenoxy) is 3. The van der Waals surface area contributed by atoms with Crippen molar-refractivity contribution in [2.45, 2.75) is 32.6 Å². The van der Waals surface area contributed by atoms with Crippen LogP contribution < -0.4 is 30.1 Å². The Bertz CT molecular complexity index is 1620. The van der Waals surface area contributed by atoms with Gasteiger partial charge in [0.25, 0.3) is 0 Å². The van der Waals surface area contributed by atoms with Crippen molar-refractivity contribution in [2.75, 3.05) is 6.16 Å². The van der Waals surface area contributed by atoms with Crippen LogP contribution in [-0.2, 0) is 0 Å². The third-order valence-corrected chi connectivity index (χ3v) is 18.5. The van der Waals surface area contributed by atoms with Crippen molar-refractivity contribution in [2.24, 2.45) is 0 Å². The van der Waals surface area contributed by atoms with Gasteiger partial charge in [-0.05, 0) is 0 Å². The van der Waals surface area contributed by atoms with Crippen molar-refractivity contribution in [3.05, 3.63) is 164 Å². The second-order valence-corrected chi connectivity index (χ2v) is 20.8. The summed E-state index contributed by atoms with van der Waals surface area (Å²) in [5.41, 5.74) is 0. The minimum absolute atomic E-state index is 0.807. The summed E-state index contributed by atoms with van der Waals surface area (Å²) in [6.07, 6.45) is 5.61. The van der Waals surface area contributed by atoms with E-state index in [9.17, 15) is 0 Å². The van der Waals surface area contributed by atoms with Crippen molar-refractivity contribution in [3.8, 4) is 34.5 Å². The quantitative estimate of drug-likeness (QED) is 0.0835. The summed E-state index contributed by atoms with van der Waals surface area (Å²) >= 11 is 4.65. The van der Waals surface area contributed by atoms with Crippen LogP contribution in [0.3, 0.4) is 0 Å². The summed E-state index contributed by atoms with van der Waals surface area (Å²) in [4.78, 5) is 0. The zero-order valence-corrected chi connectivity index (χ0v) is 29.2. The number of benzene rings is 6. The molecular formula is C42H40BrO3P. The van der Waals surface area contributed by atoms with Crippen molar-refractivity contribution < 1.29 is 14.2 Å². The monoisotopic (exact) mass is 702 g/mol. The minimum atomic E-state index is -3.20. The number of hydrogen-bond donors (Lipinski definition) is 0. The zero-order valence-electron chi connectivity index (χ0n) is 26.7. The van der Waals surface area contributed by atoms with Gasteiger partial charge in [0.05, 0.1) is 0 Å². The molecule has 0 atom stereocenters. The standard InChI is InChI=1S/C42H40BrO3P/c1-2-3-4-14-33-47(43,40-27-21-37(22-28-40)44-34-15-8-5-9-16-34,41-29-23-38(24-30-41)45-35-17-10-6-11-18-35)42-31-25-39(26-32-42)46-36-19-12-7-13-20-36/h5-13,15-32H,2-4,14,33H2,1H3. The molecule has 0 unspecified atom stereocenters. The van der Waals surface area contributed by atoms with Gasteiger partial charge in [0.2, 0.25) is 0 Å². The molecule has 0 bridgehead atoms. The summed E-state index contributed by atoms with van der Waals surface area (Å²) < 4.78 is 18.6. The van der Waals surface area contributed by atoms with Gasteiger partial charge in [0.15, 0.2) is 0 Å². The van der Waals surface area contributed by atoms with Gasteiger partial charge in [-0.2, -0.15) is 0 Å². The molecule has 0 saturated heterocycles. The summed E-state index contributed by atoms with van der Waals surface area (Å²) in [7, 11) is 0. The molecule has 238 valence electrons. The Labute approximate surface area is 286 Å². The average Bonchev–Trinajstić information content (AvgIpc) is 3.12. The van der Waals surface area contributed by atoms with E-state index in [0.717, 1.165) is 47.1 Å². The third-order valence-electron chi connectivity index (χ3n) is 8.49. The molecule has 47 heavy (non-hydrogen) atoms. The Morgan fingerprint density at radius 1 is 0.383 bits per heavy atom. The zero-order chi connectivity index (χ0) is 32.4. The molecule has 0 heterocycles. The topological polar surface area (TPSA) is 27.7 Å². The van der Waals surface area contributed by atoms with Crippen LogP contribution in [0.25, 0.3) is 0 Å². The fourth-order valence-electron chi connectivity index (χ4n) is 6.02.